The number of ether oxygens (including phenoxy) is 2. The SMILES string of the molecule is O=C(c1ccc([N+](=O)[O-])o1)N1CCCC1c1ccc2c(c1)OCCO2. The Kier molecular flexibility index (Phi) is 3.79. The molecule has 130 valence electrons. The third kappa shape index (κ3) is 2.79. The maximum Gasteiger partial charge on any atom is 0.433 e. The molecule has 3 heterocycles. The number of rotatable bonds is 3. The first kappa shape index (κ1) is 15.5. The Morgan fingerprint density at radius 2 is 1.96 bits per heavy atom. The summed E-state index contributed by atoms with van der Waals surface area (Å²) in [4.78, 5) is 24.5. The Balaban J connectivity index is 1.59. The van der Waals surface area contributed by atoms with Crippen molar-refractivity contribution < 1.29 is 23.6 Å². The largest absolute Gasteiger partial charge is 0.486 e. The number of furan rings is 1. The van der Waals surface area contributed by atoms with Crippen molar-refractivity contribution in [1.82, 2.24) is 4.90 Å². The number of benzene rings is 1. The lowest BCUT2D eigenvalue weighted by Crippen LogP contribution is -2.30. The van der Waals surface area contributed by atoms with Crippen molar-refractivity contribution in [2.24, 2.45) is 0 Å². The number of nitro groups is 1. The molecule has 0 N–H and O–H groups in total. The van der Waals surface area contributed by atoms with Crippen LogP contribution >= 0.6 is 0 Å². The topological polar surface area (TPSA) is 95.0 Å². The van der Waals surface area contributed by atoms with E-state index in [9.17, 15) is 14.9 Å². The molecule has 8 heteroatoms. The molecule has 1 aromatic heterocycles. The van der Waals surface area contributed by atoms with E-state index in [1.807, 2.05) is 18.2 Å². The van der Waals surface area contributed by atoms with E-state index in [4.69, 9.17) is 13.9 Å². The highest BCUT2D eigenvalue weighted by molar-refractivity contribution is 5.92. The molecule has 25 heavy (non-hydrogen) atoms. The minimum Gasteiger partial charge on any atom is -0.486 e. The molecule has 0 spiro atoms. The van der Waals surface area contributed by atoms with Gasteiger partial charge < -0.3 is 18.8 Å². The predicted octanol–water partition coefficient (Wildman–Crippen LogP) is 2.94. The lowest BCUT2D eigenvalue weighted by atomic mass is 10.0. The molecule has 0 bridgehead atoms. The number of nitrogens with zero attached hydrogens (tertiary/aromatic N) is 2. The first-order valence-electron chi connectivity index (χ1n) is 8.08. The van der Waals surface area contributed by atoms with E-state index in [-0.39, 0.29) is 17.7 Å². The molecule has 2 aliphatic heterocycles. The van der Waals surface area contributed by atoms with Gasteiger partial charge in [-0.1, -0.05) is 6.07 Å². The lowest BCUT2D eigenvalue weighted by Gasteiger charge is -2.26. The molecular formula is C17H16N2O6. The van der Waals surface area contributed by atoms with Gasteiger partial charge in [0.25, 0.3) is 5.91 Å². The van der Waals surface area contributed by atoms with Crippen LogP contribution in [0.1, 0.15) is 35.0 Å². The molecule has 1 aromatic carbocycles. The van der Waals surface area contributed by atoms with E-state index in [1.165, 1.54) is 12.1 Å². The Morgan fingerprint density at radius 3 is 2.72 bits per heavy atom. The minimum atomic E-state index is -0.654. The average Bonchev–Trinajstić information content (AvgIpc) is 3.30. The van der Waals surface area contributed by atoms with E-state index < -0.39 is 10.8 Å². The van der Waals surface area contributed by atoms with Gasteiger partial charge in [-0.05, 0) is 36.6 Å². The first-order chi connectivity index (χ1) is 12.1. The van der Waals surface area contributed by atoms with Gasteiger partial charge in [-0.25, -0.2) is 0 Å². The predicted molar refractivity (Wildman–Crippen MR) is 85.8 cm³/mol. The smallest absolute Gasteiger partial charge is 0.433 e. The molecule has 0 aliphatic carbocycles. The lowest BCUT2D eigenvalue weighted by molar-refractivity contribution is -0.402. The van der Waals surface area contributed by atoms with Gasteiger partial charge in [0.15, 0.2) is 17.3 Å². The molecule has 8 nitrogen and oxygen atoms in total. The van der Waals surface area contributed by atoms with E-state index in [0.29, 0.717) is 31.3 Å². The van der Waals surface area contributed by atoms with Crippen molar-refractivity contribution in [3.8, 4) is 11.5 Å². The molecule has 0 radical (unpaired) electrons. The van der Waals surface area contributed by atoms with E-state index in [1.54, 1.807) is 4.90 Å². The number of amides is 1. The monoisotopic (exact) mass is 344 g/mol. The molecule has 1 atom stereocenters. The number of likely N-dealkylation sites (tertiary alicyclic amines) is 1. The Morgan fingerprint density at radius 1 is 1.16 bits per heavy atom. The summed E-state index contributed by atoms with van der Waals surface area (Å²) < 4.78 is 16.2. The minimum absolute atomic E-state index is 0.0175. The summed E-state index contributed by atoms with van der Waals surface area (Å²) in [7, 11) is 0. The summed E-state index contributed by atoms with van der Waals surface area (Å²) in [6.45, 7) is 1.60. The van der Waals surface area contributed by atoms with E-state index in [2.05, 4.69) is 0 Å². The average molecular weight is 344 g/mol. The number of hydrogen-bond acceptors (Lipinski definition) is 6. The standard InChI is InChI=1S/C17H16N2O6/c20-17(14-5-6-16(25-14)19(21)22)18-7-1-2-12(18)11-3-4-13-15(10-11)24-9-8-23-13/h3-6,10,12H,1-2,7-9H2. The van der Waals surface area contributed by atoms with Crippen LogP contribution in [0, 0.1) is 10.1 Å². The molecule has 2 aromatic rings. The van der Waals surface area contributed by atoms with Crippen molar-refractivity contribution in [2.45, 2.75) is 18.9 Å². The normalized spacial score (nSPS) is 19.0. The van der Waals surface area contributed by atoms with Crippen LogP contribution in [-0.4, -0.2) is 35.5 Å². The number of hydrogen-bond donors (Lipinski definition) is 0. The highest BCUT2D eigenvalue weighted by atomic mass is 16.6. The summed E-state index contributed by atoms with van der Waals surface area (Å²) in [6, 6.07) is 8.10. The number of carbonyl (C=O) groups is 1. The summed E-state index contributed by atoms with van der Waals surface area (Å²) in [6.07, 6.45) is 1.67. The second-order valence-electron chi connectivity index (χ2n) is 5.95. The zero-order chi connectivity index (χ0) is 17.4. The maximum atomic E-state index is 12.7. The van der Waals surface area contributed by atoms with Crippen LogP contribution in [0.5, 0.6) is 11.5 Å². The van der Waals surface area contributed by atoms with Crippen molar-refractivity contribution in [2.75, 3.05) is 19.8 Å². The van der Waals surface area contributed by atoms with Gasteiger partial charge in [0.05, 0.1) is 12.1 Å². The third-order valence-corrected chi connectivity index (χ3v) is 4.45. The van der Waals surface area contributed by atoms with Crippen molar-refractivity contribution in [3.05, 3.63) is 51.8 Å². The second kappa shape index (κ2) is 6.12. The zero-order valence-electron chi connectivity index (χ0n) is 13.3. The summed E-state index contributed by atoms with van der Waals surface area (Å²) >= 11 is 0. The third-order valence-electron chi connectivity index (χ3n) is 4.45. The molecule has 0 saturated carbocycles. The summed E-state index contributed by atoms with van der Waals surface area (Å²) in [5.74, 6) is 0.587. The molecule has 4 rings (SSSR count). The van der Waals surface area contributed by atoms with Gasteiger partial charge in [0.1, 0.15) is 18.1 Å². The van der Waals surface area contributed by atoms with Crippen molar-refractivity contribution in [3.63, 3.8) is 0 Å². The molecule has 2 aliphatic rings. The van der Waals surface area contributed by atoms with Gasteiger partial charge in [-0.15, -0.1) is 0 Å². The van der Waals surface area contributed by atoms with Crippen molar-refractivity contribution in [1.29, 1.82) is 0 Å². The van der Waals surface area contributed by atoms with Gasteiger partial charge in [-0.3, -0.25) is 14.9 Å². The molecule has 1 amide bonds. The maximum absolute atomic E-state index is 12.7. The molecule has 1 fully saturated rings. The van der Waals surface area contributed by atoms with Crippen LogP contribution in [-0.2, 0) is 0 Å². The van der Waals surface area contributed by atoms with Gasteiger partial charge >= 0.3 is 5.88 Å². The van der Waals surface area contributed by atoms with Crippen LogP contribution in [0.2, 0.25) is 0 Å². The Bertz CT molecular complexity index is 830. The van der Waals surface area contributed by atoms with Crippen LogP contribution < -0.4 is 9.47 Å². The summed E-state index contributed by atoms with van der Waals surface area (Å²) in [5, 5.41) is 10.7. The quantitative estimate of drug-likeness (QED) is 0.627. The number of carbonyl (C=O) groups excluding carboxylic acids is 1. The highest BCUT2D eigenvalue weighted by Gasteiger charge is 2.33. The zero-order valence-corrected chi connectivity index (χ0v) is 13.3. The number of fused-ring (bicyclic) bond motifs is 1. The van der Waals surface area contributed by atoms with Crippen LogP contribution in [0.4, 0.5) is 5.88 Å². The Labute approximate surface area is 143 Å². The van der Waals surface area contributed by atoms with Gasteiger partial charge in [0, 0.05) is 6.54 Å². The van der Waals surface area contributed by atoms with Crippen LogP contribution in [0.3, 0.4) is 0 Å². The fourth-order valence-electron chi connectivity index (χ4n) is 3.31. The second-order valence-corrected chi connectivity index (χ2v) is 5.95. The van der Waals surface area contributed by atoms with Gasteiger partial charge in [-0.2, -0.15) is 0 Å². The van der Waals surface area contributed by atoms with E-state index >= 15 is 0 Å². The van der Waals surface area contributed by atoms with E-state index in [0.717, 1.165) is 18.4 Å². The summed E-state index contributed by atoms with van der Waals surface area (Å²) in [5.41, 5.74) is 0.955. The molecule has 1 unspecified atom stereocenters. The van der Waals surface area contributed by atoms with Crippen molar-refractivity contribution >= 4 is 11.8 Å². The van der Waals surface area contributed by atoms with Crippen LogP contribution in [0.15, 0.2) is 34.7 Å². The Hall–Kier alpha value is -3.03. The molecule has 1 saturated heterocycles. The molecular weight excluding hydrogens is 328 g/mol. The fraction of sp³-hybridized carbons (Fsp3) is 0.353. The van der Waals surface area contributed by atoms with Gasteiger partial charge in [0.2, 0.25) is 0 Å². The highest BCUT2D eigenvalue weighted by Crippen LogP contribution is 2.38. The first-order valence-corrected chi connectivity index (χ1v) is 8.08. The fourth-order valence-corrected chi connectivity index (χ4v) is 3.31. The van der Waals surface area contributed by atoms with Crippen LogP contribution in [0.25, 0.3) is 0 Å².